The molecule has 2 atom stereocenters. The third-order valence-electron chi connectivity index (χ3n) is 2.84. The van der Waals surface area contributed by atoms with Gasteiger partial charge >= 0.3 is 0 Å². The number of rotatable bonds is 5. The molecule has 2 unspecified atom stereocenters. The minimum absolute atomic E-state index is 0.233. The zero-order valence-corrected chi connectivity index (χ0v) is 10.1. The lowest BCUT2D eigenvalue weighted by Gasteiger charge is -2.33. The zero-order chi connectivity index (χ0) is 10.4. The van der Waals surface area contributed by atoms with Crippen LogP contribution in [0.25, 0.3) is 0 Å². The van der Waals surface area contributed by atoms with Crippen molar-refractivity contribution in [1.29, 1.82) is 0 Å². The summed E-state index contributed by atoms with van der Waals surface area (Å²) in [6.45, 7) is 5.27. The minimum atomic E-state index is 0.233. The average Bonchev–Trinajstić information content (AvgIpc) is 2.22. The number of nitrogens with zero attached hydrogens (tertiary/aromatic N) is 1. The highest BCUT2D eigenvalue weighted by atomic mass is 32.2. The van der Waals surface area contributed by atoms with E-state index in [9.17, 15) is 0 Å². The third kappa shape index (κ3) is 3.77. The maximum Gasteiger partial charge on any atom is 0.0705 e. The van der Waals surface area contributed by atoms with Gasteiger partial charge < -0.3 is 10.5 Å². The van der Waals surface area contributed by atoms with Crippen molar-refractivity contribution in [2.45, 2.75) is 25.5 Å². The molecular formula is C10H22N2OS. The summed E-state index contributed by atoms with van der Waals surface area (Å²) in [7, 11) is 1.74. The molecular weight excluding hydrogens is 196 g/mol. The van der Waals surface area contributed by atoms with Gasteiger partial charge in [-0.1, -0.05) is 0 Å². The van der Waals surface area contributed by atoms with Crippen LogP contribution >= 0.6 is 11.8 Å². The second-order valence-corrected chi connectivity index (χ2v) is 4.99. The predicted molar refractivity (Wildman–Crippen MR) is 62.8 cm³/mol. The molecule has 14 heavy (non-hydrogen) atoms. The van der Waals surface area contributed by atoms with Gasteiger partial charge in [0.25, 0.3) is 0 Å². The van der Waals surface area contributed by atoms with Gasteiger partial charge in [-0.05, 0) is 13.3 Å². The minimum Gasteiger partial charge on any atom is -0.380 e. The number of hydrogen-bond donors (Lipinski definition) is 1. The van der Waals surface area contributed by atoms with Gasteiger partial charge in [-0.25, -0.2) is 0 Å². The number of ether oxygens (including phenoxy) is 1. The van der Waals surface area contributed by atoms with E-state index in [2.05, 4.69) is 23.6 Å². The van der Waals surface area contributed by atoms with E-state index in [0.29, 0.717) is 12.6 Å². The zero-order valence-electron chi connectivity index (χ0n) is 9.24. The summed E-state index contributed by atoms with van der Waals surface area (Å²) < 4.78 is 5.27. The van der Waals surface area contributed by atoms with E-state index in [1.165, 1.54) is 18.1 Å². The highest BCUT2D eigenvalue weighted by Gasteiger charge is 2.19. The smallest absolute Gasteiger partial charge is 0.0705 e. The largest absolute Gasteiger partial charge is 0.380 e. The Morgan fingerprint density at radius 3 is 3.00 bits per heavy atom. The van der Waals surface area contributed by atoms with Crippen molar-refractivity contribution in [3.05, 3.63) is 0 Å². The van der Waals surface area contributed by atoms with E-state index >= 15 is 0 Å². The van der Waals surface area contributed by atoms with Crippen molar-refractivity contribution in [3.63, 3.8) is 0 Å². The lowest BCUT2D eigenvalue weighted by Crippen LogP contribution is -2.42. The number of thioether (sulfide) groups is 1. The molecule has 0 bridgehead atoms. The lowest BCUT2D eigenvalue weighted by molar-refractivity contribution is 0.0855. The molecule has 0 spiro atoms. The Morgan fingerprint density at radius 1 is 1.64 bits per heavy atom. The Morgan fingerprint density at radius 2 is 2.43 bits per heavy atom. The lowest BCUT2D eigenvalue weighted by atomic mass is 10.2. The Labute approximate surface area is 91.4 Å². The quantitative estimate of drug-likeness (QED) is 0.740. The van der Waals surface area contributed by atoms with Crippen LogP contribution in [-0.2, 0) is 4.74 Å². The van der Waals surface area contributed by atoms with Crippen LogP contribution in [0.3, 0.4) is 0 Å². The SMILES string of the molecule is COC(CN)CCN1CCSCC1C. The standard InChI is InChI=1S/C10H22N2OS/c1-9-8-14-6-5-12(9)4-3-10(7-11)13-2/h9-10H,3-8,11H2,1-2H3. The summed E-state index contributed by atoms with van der Waals surface area (Å²) in [5, 5.41) is 0. The van der Waals surface area contributed by atoms with Crippen molar-refractivity contribution >= 4 is 11.8 Å². The molecule has 1 fully saturated rings. The Hall–Kier alpha value is 0.230. The van der Waals surface area contributed by atoms with Gasteiger partial charge in [0, 0.05) is 44.3 Å². The molecule has 0 aromatic carbocycles. The molecule has 3 nitrogen and oxygen atoms in total. The Balaban J connectivity index is 2.21. The van der Waals surface area contributed by atoms with Crippen molar-refractivity contribution in [3.8, 4) is 0 Å². The van der Waals surface area contributed by atoms with Crippen LogP contribution in [0.1, 0.15) is 13.3 Å². The monoisotopic (exact) mass is 218 g/mol. The van der Waals surface area contributed by atoms with Crippen molar-refractivity contribution in [2.75, 3.05) is 38.2 Å². The molecule has 2 N–H and O–H groups in total. The topological polar surface area (TPSA) is 38.5 Å². The fraction of sp³-hybridized carbons (Fsp3) is 1.00. The van der Waals surface area contributed by atoms with E-state index in [4.69, 9.17) is 10.5 Å². The highest BCUT2D eigenvalue weighted by molar-refractivity contribution is 7.99. The van der Waals surface area contributed by atoms with E-state index in [1.807, 2.05) is 0 Å². The van der Waals surface area contributed by atoms with Gasteiger partial charge in [-0.15, -0.1) is 0 Å². The van der Waals surface area contributed by atoms with Crippen LogP contribution in [0.5, 0.6) is 0 Å². The molecule has 0 aliphatic carbocycles. The number of methoxy groups -OCH3 is 1. The summed E-state index contributed by atoms with van der Waals surface area (Å²) >= 11 is 2.05. The van der Waals surface area contributed by atoms with E-state index in [0.717, 1.165) is 13.0 Å². The van der Waals surface area contributed by atoms with Gasteiger partial charge in [0.15, 0.2) is 0 Å². The van der Waals surface area contributed by atoms with E-state index < -0.39 is 0 Å². The van der Waals surface area contributed by atoms with Crippen LogP contribution in [-0.4, -0.2) is 55.3 Å². The molecule has 84 valence electrons. The average molecular weight is 218 g/mol. The van der Waals surface area contributed by atoms with Crippen molar-refractivity contribution < 1.29 is 4.74 Å². The maximum absolute atomic E-state index is 5.59. The van der Waals surface area contributed by atoms with Gasteiger partial charge in [-0.3, -0.25) is 4.90 Å². The molecule has 0 aromatic heterocycles. The van der Waals surface area contributed by atoms with Crippen LogP contribution in [0, 0.1) is 0 Å². The first kappa shape index (κ1) is 12.3. The van der Waals surface area contributed by atoms with Crippen LogP contribution in [0.15, 0.2) is 0 Å². The number of nitrogens with two attached hydrogens (primary N) is 1. The second-order valence-electron chi connectivity index (χ2n) is 3.84. The molecule has 1 aliphatic heterocycles. The van der Waals surface area contributed by atoms with E-state index in [-0.39, 0.29) is 6.10 Å². The van der Waals surface area contributed by atoms with Gasteiger partial charge in [-0.2, -0.15) is 11.8 Å². The molecule has 4 heteroatoms. The summed E-state index contributed by atoms with van der Waals surface area (Å²) in [6.07, 6.45) is 1.29. The molecule has 0 amide bonds. The maximum atomic E-state index is 5.59. The molecule has 0 radical (unpaired) electrons. The first-order valence-electron chi connectivity index (χ1n) is 5.32. The molecule has 1 heterocycles. The van der Waals surface area contributed by atoms with Gasteiger partial charge in [0.05, 0.1) is 6.10 Å². The highest BCUT2D eigenvalue weighted by Crippen LogP contribution is 2.16. The van der Waals surface area contributed by atoms with Gasteiger partial charge in [0.2, 0.25) is 0 Å². The first-order valence-corrected chi connectivity index (χ1v) is 6.48. The molecule has 1 saturated heterocycles. The fourth-order valence-corrected chi connectivity index (χ4v) is 2.82. The normalized spacial score (nSPS) is 26.4. The molecule has 1 aliphatic rings. The van der Waals surface area contributed by atoms with E-state index in [1.54, 1.807) is 7.11 Å². The fourth-order valence-electron chi connectivity index (χ4n) is 1.74. The van der Waals surface area contributed by atoms with Crippen molar-refractivity contribution in [1.82, 2.24) is 4.90 Å². The predicted octanol–water partition coefficient (Wildman–Crippen LogP) is 0.787. The summed E-state index contributed by atoms with van der Waals surface area (Å²) in [4.78, 5) is 2.54. The summed E-state index contributed by atoms with van der Waals surface area (Å²) in [6, 6.07) is 0.712. The van der Waals surface area contributed by atoms with Crippen molar-refractivity contribution in [2.24, 2.45) is 5.73 Å². The molecule has 0 aromatic rings. The third-order valence-corrected chi connectivity index (χ3v) is 4.03. The summed E-state index contributed by atoms with van der Waals surface area (Å²) in [5.41, 5.74) is 5.59. The first-order chi connectivity index (χ1) is 6.77. The Kier molecular flexibility index (Phi) is 5.86. The summed E-state index contributed by atoms with van der Waals surface area (Å²) in [5.74, 6) is 2.53. The molecule has 1 rings (SSSR count). The Bertz CT molecular complexity index is 153. The number of hydrogen-bond acceptors (Lipinski definition) is 4. The van der Waals surface area contributed by atoms with Crippen LogP contribution in [0.4, 0.5) is 0 Å². The second kappa shape index (κ2) is 6.67. The van der Waals surface area contributed by atoms with Crippen LogP contribution in [0.2, 0.25) is 0 Å². The van der Waals surface area contributed by atoms with Gasteiger partial charge in [0.1, 0.15) is 0 Å². The molecule has 0 saturated carbocycles. The van der Waals surface area contributed by atoms with Crippen LogP contribution < -0.4 is 5.73 Å².